The highest BCUT2D eigenvalue weighted by molar-refractivity contribution is 5.88. The Kier molecular flexibility index (Phi) is 8.43. The van der Waals surface area contributed by atoms with E-state index in [9.17, 15) is 9.59 Å². The molecule has 42 heavy (non-hydrogen) atoms. The van der Waals surface area contributed by atoms with Crippen molar-refractivity contribution in [3.05, 3.63) is 95.7 Å². The molecule has 3 atom stereocenters. The van der Waals surface area contributed by atoms with Crippen LogP contribution in [0, 0.1) is 11.8 Å². The van der Waals surface area contributed by atoms with Gasteiger partial charge in [-0.3, -0.25) is 14.9 Å². The number of esters is 1. The molecule has 1 fully saturated rings. The number of hydrogen-bond acceptors (Lipinski definition) is 4. The van der Waals surface area contributed by atoms with E-state index in [4.69, 9.17) is 10.5 Å². The normalized spacial score (nSPS) is 22.8. The van der Waals surface area contributed by atoms with Gasteiger partial charge in [0.1, 0.15) is 0 Å². The van der Waals surface area contributed by atoms with Crippen LogP contribution >= 0.6 is 0 Å². The van der Waals surface area contributed by atoms with Gasteiger partial charge in [0.05, 0.1) is 24.6 Å². The summed E-state index contributed by atoms with van der Waals surface area (Å²) in [5.41, 5.74) is 12.6. The lowest BCUT2D eigenvalue weighted by molar-refractivity contribution is -0.147. The Bertz CT molecular complexity index is 1520. The Morgan fingerprint density at radius 1 is 0.905 bits per heavy atom. The van der Waals surface area contributed by atoms with Gasteiger partial charge in [0, 0.05) is 16.6 Å². The number of rotatable bonds is 9. The highest BCUT2D eigenvalue weighted by atomic mass is 16.5. The molecule has 218 valence electrons. The van der Waals surface area contributed by atoms with Crippen LogP contribution in [0.15, 0.2) is 78.9 Å². The fraction of sp³-hybridized carbons (Fsp3) is 0.389. The number of unbranched alkanes of at least 4 members (excludes halogenated alkanes) is 1. The van der Waals surface area contributed by atoms with Crippen molar-refractivity contribution in [3.63, 3.8) is 0 Å². The molecule has 1 aliphatic heterocycles. The summed E-state index contributed by atoms with van der Waals surface area (Å²) < 4.78 is 5.82. The Morgan fingerprint density at radius 3 is 2.31 bits per heavy atom. The number of nitrogens with two attached hydrogens (primary N) is 1. The Labute approximate surface area is 248 Å². The van der Waals surface area contributed by atoms with E-state index in [-0.39, 0.29) is 35.8 Å². The minimum absolute atomic E-state index is 0.0275. The van der Waals surface area contributed by atoms with Gasteiger partial charge in [0.2, 0.25) is 5.91 Å². The SMILES string of the molecule is CCCCOC(=O)C(c1ccc(-c2ccccc2)cc1)C1CCC(C2NC(C(N)=O)Cc3c2[nH]c2ccccc32)CC1. The molecule has 1 saturated carbocycles. The summed E-state index contributed by atoms with van der Waals surface area (Å²) in [6.07, 6.45) is 6.24. The zero-order valence-electron chi connectivity index (χ0n) is 24.4. The van der Waals surface area contributed by atoms with Gasteiger partial charge in [-0.25, -0.2) is 0 Å². The van der Waals surface area contributed by atoms with E-state index in [0.29, 0.717) is 18.9 Å². The molecule has 0 bridgehead atoms. The van der Waals surface area contributed by atoms with Crippen molar-refractivity contribution >= 4 is 22.8 Å². The minimum Gasteiger partial charge on any atom is -0.465 e. The molecule has 0 radical (unpaired) electrons. The van der Waals surface area contributed by atoms with Gasteiger partial charge in [0.15, 0.2) is 0 Å². The summed E-state index contributed by atoms with van der Waals surface area (Å²) in [6.45, 7) is 2.57. The first kappa shape index (κ1) is 28.2. The van der Waals surface area contributed by atoms with E-state index < -0.39 is 0 Å². The van der Waals surface area contributed by atoms with Gasteiger partial charge in [-0.2, -0.15) is 0 Å². The molecule has 6 rings (SSSR count). The molecule has 0 saturated heterocycles. The lowest BCUT2D eigenvalue weighted by atomic mass is 9.70. The molecule has 6 nitrogen and oxygen atoms in total. The molecule has 1 aromatic heterocycles. The van der Waals surface area contributed by atoms with Crippen molar-refractivity contribution in [3.8, 4) is 11.1 Å². The van der Waals surface area contributed by atoms with Crippen LogP contribution in [0.3, 0.4) is 0 Å². The Hall–Kier alpha value is -3.90. The van der Waals surface area contributed by atoms with Crippen LogP contribution in [0.4, 0.5) is 0 Å². The van der Waals surface area contributed by atoms with Crippen LogP contribution in [0.25, 0.3) is 22.0 Å². The van der Waals surface area contributed by atoms with Gasteiger partial charge < -0.3 is 15.5 Å². The maximum Gasteiger partial charge on any atom is 0.313 e. The quantitative estimate of drug-likeness (QED) is 0.154. The van der Waals surface area contributed by atoms with E-state index in [1.54, 1.807) is 0 Å². The Morgan fingerprint density at radius 2 is 1.60 bits per heavy atom. The number of fused-ring (bicyclic) bond motifs is 3. The number of H-pyrrole nitrogens is 1. The van der Waals surface area contributed by atoms with Gasteiger partial charge in [-0.05, 0) is 78.7 Å². The van der Waals surface area contributed by atoms with Crippen LogP contribution in [-0.2, 0) is 20.7 Å². The van der Waals surface area contributed by atoms with E-state index in [0.717, 1.165) is 60.7 Å². The molecule has 0 spiro atoms. The number of aromatic amines is 1. The molecule has 4 aromatic rings. The zero-order chi connectivity index (χ0) is 29.1. The predicted octanol–water partition coefficient (Wildman–Crippen LogP) is 6.81. The molecule has 1 aliphatic carbocycles. The van der Waals surface area contributed by atoms with Crippen LogP contribution in [0.2, 0.25) is 0 Å². The van der Waals surface area contributed by atoms with Crippen LogP contribution in [0.1, 0.15) is 74.2 Å². The second-order valence-electron chi connectivity index (χ2n) is 12.0. The average molecular weight is 564 g/mol. The molecule has 4 N–H and O–H groups in total. The number of primary amides is 1. The van der Waals surface area contributed by atoms with Gasteiger partial charge >= 0.3 is 5.97 Å². The zero-order valence-corrected chi connectivity index (χ0v) is 24.4. The van der Waals surface area contributed by atoms with Crippen LogP contribution < -0.4 is 11.1 Å². The number of amides is 1. The number of nitrogens with one attached hydrogen (secondary N) is 2. The molecule has 2 heterocycles. The maximum atomic E-state index is 13.5. The number of hydrogen-bond donors (Lipinski definition) is 3. The van der Waals surface area contributed by atoms with E-state index in [2.05, 4.69) is 65.8 Å². The first-order valence-corrected chi connectivity index (χ1v) is 15.5. The highest BCUT2D eigenvalue weighted by Gasteiger charge is 2.40. The van der Waals surface area contributed by atoms with Crippen molar-refractivity contribution < 1.29 is 14.3 Å². The van der Waals surface area contributed by atoms with Gasteiger partial charge in [-0.1, -0.05) is 86.1 Å². The number of para-hydroxylation sites is 1. The lowest BCUT2D eigenvalue weighted by Crippen LogP contribution is -2.50. The van der Waals surface area contributed by atoms with E-state index >= 15 is 0 Å². The summed E-state index contributed by atoms with van der Waals surface area (Å²) >= 11 is 0. The monoisotopic (exact) mass is 563 g/mol. The maximum absolute atomic E-state index is 13.5. The van der Waals surface area contributed by atoms with Crippen molar-refractivity contribution in [1.82, 2.24) is 10.3 Å². The van der Waals surface area contributed by atoms with Gasteiger partial charge in [-0.15, -0.1) is 0 Å². The van der Waals surface area contributed by atoms with E-state index in [1.807, 2.05) is 30.3 Å². The first-order chi connectivity index (χ1) is 20.5. The topological polar surface area (TPSA) is 97.2 Å². The molecule has 3 aromatic carbocycles. The summed E-state index contributed by atoms with van der Waals surface area (Å²) in [5.74, 6) is -0.155. The van der Waals surface area contributed by atoms with Crippen molar-refractivity contribution in [2.24, 2.45) is 17.6 Å². The third-order valence-electron chi connectivity index (χ3n) is 9.42. The molecular weight excluding hydrogens is 522 g/mol. The fourth-order valence-electron chi connectivity index (χ4n) is 7.16. The smallest absolute Gasteiger partial charge is 0.313 e. The molecular formula is C36H41N3O3. The number of ether oxygens (including phenoxy) is 1. The van der Waals surface area contributed by atoms with Crippen molar-refractivity contribution in [2.75, 3.05) is 6.61 Å². The highest BCUT2D eigenvalue weighted by Crippen LogP contribution is 2.45. The molecule has 3 unspecified atom stereocenters. The van der Waals surface area contributed by atoms with Crippen molar-refractivity contribution in [1.29, 1.82) is 0 Å². The second kappa shape index (κ2) is 12.5. The first-order valence-electron chi connectivity index (χ1n) is 15.5. The van der Waals surface area contributed by atoms with Crippen LogP contribution in [0.5, 0.6) is 0 Å². The minimum atomic E-state index is -0.385. The van der Waals surface area contributed by atoms with Crippen LogP contribution in [-0.4, -0.2) is 29.5 Å². The summed E-state index contributed by atoms with van der Waals surface area (Å²) in [5, 5.41) is 4.77. The lowest BCUT2D eigenvalue weighted by Gasteiger charge is -2.40. The predicted molar refractivity (Wildman–Crippen MR) is 167 cm³/mol. The third kappa shape index (κ3) is 5.73. The molecule has 1 amide bonds. The standard InChI is InChI=1S/C36H41N3O3/c1-2-3-21-42-36(41)32(25-15-13-24(14-16-25)23-9-5-4-6-10-23)26-17-19-27(20-18-26)33-34-29(22-31(39-33)35(37)40)28-11-7-8-12-30(28)38-34/h4-16,26-27,31-33,38-39H,2-3,17-22H2,1H3,(H2,37,40). The van der Waals surface area contributed by atoms with Gasteiger partial charge in [0.25, 0.3) is 0 Å². The number of carbonyl (C=O) groups excluding carboxylic acids is 2. The number of aromatic nitrogens is 1. The number of benzene rings is 3. The molecule has 6 heteroatoms. The average Bonchev–Trinajstić information content (AvgIpc) is 3.41. The number of carbonyl (C=O) groups is 2. The largest absolute Gasteiger partial charge is 0.465 e. The second-order valence-corrected chi connectivity index (χ2v) is 12.0. The fourth-order valence-corrected chi connectivity index (χ4v) is 7.16. The molecule has 2 aliphatic rings. The summed E-state index contributed by atoms with van der Waals surface area (Å²) in [6, 6.07) is 26.7. The summed E-state index contributed by atoms with van der Waals surface area (Å²) in [7, 11) is 0. The third-order valence-corrected chi connectivity index (χ3v) is 9.42. The van der Waals surface area contributed by atoms with E-state index in [1.165, 1.54) is 16.6 Å². The summed E-state index contributed by atoms with van der Waals surface area (Å²) in [4.78, 5) is 29.5. The van der Waals surface area contributed by atoms with Crippen molar-refractivity contribution in [2.45, 2.75) is 69.9 Å². The Balaban J connectivity index is 1.22.